The summed E-state index contributed by atoms with van der Waals surface area (Å²) in [5, 5.41) is 13.2. The van der Waals surface area contributed by atoms with E-state index in [1.54, 1.807) is 0 Å². The van der Waals surface area contributed by atoms with Gasteiger partial charge in [-0.05, 0) is 98.1 Å². The van der Waals surface area contributed by atoms with Gasteiger partial charge in [-0.3, -0.25) is 0 Å². The van der Waals surface area contributed by atoms with Crippen molar-refractivity contribution in [2.75, 3.05) is 0 Å². The van der Waals surface area contributed by atoms with E-state index in [1.165, 1.54) is 55.6 Å². The summed E-state index contributed by atoms with van der Waals surface area (Å²) in [6.07, 6.45) is 0. The molecule has 0 aliphatic heterocycles. The lowest BCUT2D eigenvalue weighted by Crippen LogP contribution is -2.25. The summed E-state index contributed by atoms with van der Waals surface area (Å²) in [5.41, 5.74) is 17.9. The van der Waals surface area contributed by atoms with Gasteiger partial charge in [-0.15, -0.1) is 0 Å². The van der Waals surface area contributed by atoms with Gasteiger partial charge in [0.2, 0.25) is 0 Å². The molecule has 0 N–H and O–H groups in total. The van der Waals surface area contributed by atoms with Crippen LogP contribution in [0.4, 0.5) is 0 Å². The second kappa shape index (κ2) is 13.9. The van der Waals surface area contributed by atoms with Crippen LogP contribution >= 0.6 is 0 Å². The summed E-state index contributed by atoms with van der Waals surface area (Å²) in [4.78, 5) is 14.8. The van der Waals surface area contributed by atoms with Gasteiger partial charge in [0.1, 0.15) is 6.07 Å². The number of hydrogen-bond donors (Lipinski definition) is 0. The van der Waals surface area contributed by atoms with E-state index in [0.717, 1.165) is 44.2 Å². The molecule has 5 nitrogen and oxygen atoms in total. The minimum Gasteiger partial charge on any atom is -0.308 e. The van der Waals surface area contributed by atoms with E-state index in [1.807, 2.05) is 78.9 Å². The van der Waals surface area contributed by atoms with Crippen molar-refractivity contribution < 1.29 is 0 Å². The molecule has 2 aliphatic rings. The molecule has 64 heavy (non-hydrogen) atoms. The molecular formula is C59H35N5. The molecule has 0 saturated carbocycles. The third kappa shape index (κ3) is 5.14. The average Bonchev–Trinajstić information content (AvgIpc) is 3.97. The highest BCUT2D eigenvalue weighted by atomic mass is 15.0. The summed E-state index contributed by atoms with van der Waals surface area (Å²) in [7, 11) is 0. The topological polar surface area (TPSA) is 67.4 Å². The molecule has 1 spiro atoms. The Morgan fingerprint density at radius 3 is 1.52 bits per heavy atom. The fraction of sp³-hybridized carbons (Fsp3) is 0.0169. The maximum Gasteiger partial charge on any atom is 0.164 e. The number of rotatable bonds is 5. The second-order valence-electron chi connectivity index (χ2n) is 16.6. The molecule has 11 aromatic rings. The van der Waals surface area contributed by atoms with Crippen LogP contribution in [0, 0.1) is 11.3 Å². The zero-order valence-electron chi connectivity index (χ0n) is 34.4. The van der Waals surface area contributed by atoms with Crippen molar-refractivity contribution >= 4 is 21.8 Å². The van der Waals surface area contributed by atoms with Crippen LogP contribution in [0.15, 0.2) is 212 Å². The zero-order valence-corrected chi connectivity index (χ0v) is 34.4. The first-order chi connectivity index (χ1) is 31.7. The van der Waals surface area contributed by atoms with E-state index in [9.17, 15) is 5.26 Å². The summed E-state index contributed by atoms with van der Waals surface area (Å²) in [6, 6.07) is 77.5. The van der Waals surface area contributed by atoms with E-state index in [0.29, 0.717) is 23.0 Å². The van der Waals surface area contributed by atoms with Crippen LogP contribution in [-0.4, -0.2) is 19.5 Å². The molecule has 296 valence electrons. The van der Waals surface area contributed by atoms with Crippen molar-refractivity contribution in [2.24, 2.45) is 0 Å². The number of nitriles is 1. The van der Waals surface area contributed by atoms with Gasteiger partial charge in [-0.2, -0.15) is 5.26 Å². The Bertz CT molecular complexity index is 3680. The Balaban J connectivity index is 1.02. The van der Waals surface area contributed by atoms with Crippen molar-refractivity contribution in [3.63, 3.8) is 0 Å². The fourth-order valence-electron chi connectivity index (χ4n) is 10.6. The number of nitrogens with zero attached hydrogens (tertiary/aromatic N) is 5. The Morgan fingerprint density at radius 2 is 0.875 bits per heavy atom. The lowest BCUT2D eigenvalue weighted by molar-refractivity contribution is 0.795. The summed E-state index contributed by atoms with van der Waals surface area (Å²) in [5.74, 6) is 1.65. The first kappa shape index (κ1) is 36.0. The Hall–Kier alpha value is -8.72. The van der Waals surface area contributed by atoms with Gasteiger partial charge < -0.3 is 4.57 Å². The largest absolute Gasteiger partial charge is 0.308 e. The summed E-state index contributed by atoms with van der Waals surface area (Å²) >= 11 is 0. The zero-order chi connectivity index (χ0) is 42.4. The van der Waals surface area contributed by atoms with E-state index in [-0.39, 0.29) is 0 Å². The molecule has 2 aliphatic carbocycles. The summed E-state index contributed by atoms with van der Waals surface area (Å²) in [6.45, 7) is 0. The van der Waals surface area contributed by atoms with Gasteiger partial charge >= 0.3 is 0 Å². The van der Waals surface area contributed by atoms with E-state index >= 15 is 0 Å². The van der Waals surface area contributed by atoms with Crippen molar-refractivity contribution in [3.05, 3.63) is 240 Å². The van der Waals surface area contributed by atoms with Gasteiger partial charge in [0.25, 0.3) is 0 Å². The van der Waals surface area contributed by atoms with Gasteiger partial charge in [0.15, 0.2) is 17.5 Å². The Morgan fingerprint density at radius 1 is 0.359 bits per heavy atom. The van der Waals surface area contributed by atoms with Crippen LogP contribution in [0.5, 0.6) is 0 Å². The third-order valence-electron chi connectivity index (χ3n) is 13.3. The van der Waals surface area contributed by atoms with Gasteiger partial charge in [0, 0.05) is 27.5 Å². The molecule has 0 fully saturated rings. The molecule has 5 heteroatoms. The molecule has 0 radical (unpaired) electrons. The normalized spacial score (nSPS) is 14.3. The molecule has 0 amide bonds. The maximum atomic E-state index is 11.0. The number of aromatic nitrogens is 4. The molecule has 1 unspecified atom stereocenters. The second-order valence-corrected chi connectivity index (χ2v) is 16.6. The third-order valence-corrected chi connectivity index (χ3v) is 13.3. The Labute approximate surface area is 369 Å². The first-order valence-electron chi connectivity index (χ1n) is 21.6. The Kier molecular flexibility index (Phi) is 7.82. The van der Waals surface area contributed by atoms with Crippen LogP contribution < -0.4 is 0 Å². The SMILES string of the molecule is N#Cc1cc(-c2nc(-c3ccccc3)nc(-c3ccccc3)n2)ccc1-n1c2ccccc2c2cc3c(cc21)-c1ccccc1C31c2ccccc2-c2cc(-c3ccccc3)ccc21. The first-order valence-corrected chi connectivity index (χ1v) is 21.6. The maximum absolute atomic E-state index is 11.0. The molecule has 2 aromatic heterocycles. The highest BCUT2D eigenvalue weighted by molar-refractivity contribution is 6.12. The average molecular weight is 814 g/mol. The predicted octanol–water partition coefficient (Wildman–Crippen LogP) is 13.9. The van der Waals surface area contributed by atoms with Crippen molar-refractivity contribution in [1.82, 2.24) is 19.5 Å². The highest BCUT2D eigenvalue weighted by Crippen LogP contribution is 2.63. The standard InChI is InChI=1S/C59H35N5/c60-36-42-32-41(58-62-56(38-18-6-2-7-19-38)61-57(63-58)39-20-8-3-9-21-39)29-31-53(42)64-54-27-15-12-24-45(54)48-34-52-47(35-55(48)64)44-23-11-14-26-50(44)59(52)49-25-13-10-22-43(49)46-33-40(28-30-51(46)59)37-16-4-1-5-17-37/h1-35H. The van der Waals surface area contributed by atoms with Crippen LogP contribution in [0.25, 0.3) is 95.0 Å². The van der Waals surface area contributed by atoms with Gasteiger partial charge in [-0.1, -0.05) is 170 Å². The predicted molar refractivity (Wildman–Crippen MR) is 257 cm³/mol. The van der Waals surface area contributed by atoms with Gasteiger partial charge in [0.05, 0.1) is 27.7 Å². The van der Waals surface area contributed by atoms with Crippen LogP contribution in [0.2, 0.25) is 0 Å². The van der Waals surface area contributed by atoms with Crippen LogP contribution in [-0.2, 0) is 5.41 Å². The molecule has 1 atom stereocenters. The van der Waals surface area contributed by atoms with Crippen LogP contribution in [0.3, 0.4) is 0 Å². The quantitative estimate of drug-likeness (QED) is 0.174. The van der Waals surface area contributed by atoms with Crippen molar-refractivity contribution in [2.45, 2.75) is 5.41 Å². The molecular weight excluding hydrogens is 779 g/mol. The smallest absolute Gasteiger partial charge is 0.164 e. The van der Waals surface area contributed by atoms with Crippen molar-refractivity contribution in [3.8, 4) is 79.3 Å². The molecule has 0 bridgehead atoms. The lowest BCUT2D eigenvalue weighted by atomic mass is 9.70. The minimum absolute atomic E-state index is 0.505. The molecule has 9 aromatic carbocycles. The van der Waals surface area contributed by atoms with Crippen LogP contribution in [0.1, 0.15) is 27.8 Å². The summed E-state index contributed by atoms with van der Waals surface area (Å²) < 4.78 is 2.27. The van der Waals surface area contributed by atoms with E-state index in [4.69, 9.17) is 15.0 Å². The molecule has 13 rings (SSSR count). The number of para-hydroxylation sites is 1. The fourth-order valence-corrected chi connectivity index (χ4v) is 10.6. The molecule has 0 saturated heterocycles. The van der Waals surface area contributed by atoms with E-state index < -0.39 is 5.41 Å². The van der Waals surface area contributed by atoms with E-state index in [2.05, 4.69) is 144 Å². The highest BCUT2D eigenvalue weighted by Gasteiger charge is 2.52. The monoisotopic (exact) mass is 813 g/mol. The number of benzene rings is 9. The lowest BCUT2D eigenvalue weighted by Gasteiger charge is -2.30. The number of fused-ring (bicyclic) bond motifs is 13. The van der Waals surface area contributed by atoms with Gasteiger partial charge in [-0.25, -0.2) is 15.0 Å². The minimum atomic E-state index is -0.508. The molecule has 2 heterocycles. The van der Waals surface area contributed by atoms with Crippen molar-refractivity contribution in [1.29, 1.82) is 5.26 Å². The number of hydrogen-bond acceptors (Lipinski definition) is 4.